The van der Waals surface area contributed by atoms with Gasteiger partial charge in [-0.1, -0.05) is 18.2 Å². The van der Waals surface area contributed by atoms with Crippen LogP contribution in [0.5, 0.6) is 0 Å². The van der Waals surface area contributed by atoms with Crippen molar-refractivity contribution >= 4 is 22.4 Å². The zero-order valence-electron chi connectivity index (χ0n) is 18.2. The molecule has 1 N–H and O–H groups in total. The fraction of sp³-hybridized carbons (Fsp3) is 0.435. The number of hydrogen-bond acceptors (Lipinski definition) is 6. The number of fused-ring (bicyclic) bond motifs is 1. The smallest absolute Gasteiger partial charge is 0.266 e. The number of benzene rings is 1. The molecule has 6 nitrogen and oxygen atoms in total. The van der Waals surface area contributed by atoms with Crippen LogP contribution >= 0.6 is 0 Å². The van der Waals surface area contributed by atoms with E-state index in [0.717, 1.165) is 54.4 Å². The van der Waals surface area contributed by atoms with Crippen LogP contribution in [0.1, 0.15) is 42.6 Å². The van der Waals surface area contributed by atoms with Gasteiger partial charge < -0.3 is 15.1 Å². The number of pyridine rings is 1. The number of hydrogen-bond donors (Lipinski definition) is 1. The van der Waals surface area contributed by atoms with Gasteiger partial charge in [-0.3, -0.25) is 0 Å². The SMILES string of the molecule is Cc1nnc(N[C@H](C)c2cccc(C(F)F)c2F)c2cc(N3CCC34CN(C)C4)ncc12. The summed E-state index contributed by atoms with van der Waals surface area (Å²) < 4.78 is 40.9. The Morgan fingerprint density at radius 2 is 1.88 bits per heavy atom. The average Bonchev–Trinajstić information content (AvgIpc) is 2.72. The molecule has 2 saturated heterocycles. The summed E-state index contributed by atoms with van der Waals surface area (Å²) >= 11 is 0. The predicted molar refractivity (Wildman–Crippen MR) is 118 cm³/mol. The molecular weight excluding hydrogens is 417 g/mol. The molecule has 0 bridgehead atoms. The zero-order chi connectivity index (χ0) is 22.6. The first-order valence-corrected chi connectivity index (χ1v) is 10.7. The minimum absolute atomic E-state index is 0.157. The number of aryl methyl sites for hydroxylation is 1. The highest BCUT2D eigenvalue weighted by Crippen LogP contribution is 2.42. The molecule has 1 spiro atoms. The Kier molecular flexibility index (Phi) is 4.96. The van der Waals surface area contributed by atoms with Crippen molar-refractivity contribution in [3.05, 3.63) is 53.1 Å². The van der Waals surface area contributed by atoms with Crippen molar-refractivity contribution in [2.75, 3.05) is 36.9 Å². The largest absolute Gasteiger partial charge is 0.361 e. The molecule has 1 aromatic carbocycles. The molecule has 2 aromatic heterocycles. The number of nitrogens with zero attached hydrogens (tertiary/aromatic N) is 5. The number of alkyl halides is 2. The molecular formula is C23H25F3N6. The number of likely N-dealkylation sites (tertiary alicyclic amines) is 1. The molecule has 9 heteroatoms. The minimum Gasteiger partial charge on any atom is -0.361 e. The van der Waals surface area contributed by atoms with Crippen LogP contribution in [0.3, 0.4) is 0 Å². The molecule has 0 radical (unpaired) electrons. The number of aromatic nitrogens is 3. The molecule has 32 heavy (non-hydrogen) atoms. The highest BCUT2D eigenvalue weighted by Gasteiger charge is 2.52. The van der Waals surface area contributed by atoms with E-state index in [1.165, 1.54) is 12.1 Å². The van der Waals surface area contributed by atoms with Gasteiger partial charge in [0.1, 0.15) is 11.6 Å². The molecule has 168 valence electrons. The molecule has 0 aliphatic carbocycles. The quantitative estimate of drug-likeness (QED) is 0.629. The maximum atomic E-state index is 14.7. The van der Waals surface area contributed by atoms with Crippen LogP contribution in [0.15, 0.2) is 30.5 Å². The third kappa shape index (κ3) is 3.26. The molecule has 2 aliphatic rings. The molecule has 0 saturated carbocycles. The summed E-state index contributed by atoms with van der Waals surface area (Å²) in [5, 5.41) is 13.4. The van der Waals surface area contributed by atoms with E-state index in [-0.39, 0.29) is 11.1 Å². The van der Waals surface area contributed by atoms with Gasteiger partial charge in [-0.25, -0.2) is 18.2 Å². The highest BCUT2D eigenvalue weighted by atomic mass is 19.3. The maximum absolute atomic E-state index is 14.7. The second-order valence-corrected chi connectivity index (χ2v) is 8.94. The topological polar surface area (TPSA) is 57.2 Å². The van der Waals surface area contributed by atoms with E-state index in [1.807, 2.05) is 13.0 Å². The minimum atomic E-state index is -2.87. The van der Waals surface area contributed by atoms with Crippen LogP contribution in [0.2, 0.25) is 0 Å². The van der Waals surface area contributed by atoms with E-state index in [0.29, 0.717) is 5.82 Å². The number of nitrogens with one attached hydrogen (secondary N) is 1. The van der Waals surface area contributed by atoms with Crippen LogP contribution in [-0.4, -0.2) is 52.3 Å². The monoisotopic (exact) mass is 442 g/mol. The molecule has 3 aromatic rings. The van der Waals surface area contributed by atoms with E-state index in [2.05, 4.69) is 37.3 Å². The first-order valence-electron chi connectivity index (χ1n) is 10.7. The molecule has 1 atom stereocenters. The molecule has 0 amide bonds. The summed E-state index contributed by atoms with van der Waals surface area (Å²) in [6.45, 7) is 6.57. The van der Waals surface area contributed by atoms with Crippen LogP contribution in [-0.2, 0) is 0 Å². The van der Waals surface area contributed by atoms with Gasteiger partial charge in [-0.15, -0.1) is 5.10 Å². The number of likely N-dealkylation sites (N-methyl/N-ethyl adjacent to an activating group) is 1. The summed E-state index contributed by atoms with van der Waals surface area (Å²) in [6.07, 6.45) is 0.0777. The number of anilines is 2. The molecule has 4 heterocycles. The Balaban J connectivity index is 1.49. The Labute approximate surface area is 184 Å². The average molecular weight is 442 g/mol. The Morgan fingerprint density at radius 3 is 2.53 bits per heavy atom. The fourth-order valence-corrected chi connectivity index (χ4v) is 4.95. The van der Waals surface area contributed by atoms with Gasteiger partial charge in [0, 0.05) is 42.2 Å². The maximum Gasteiger partial charge on any atom is 0.266 e. The van der Waals surface area contributed by atoms with Gasteiger partial charge in [0.25, 0.3) is 6.43 Å². The van der Waals surface area contributed by atoms with E-state index in [9.17, 15) is 13.2 Å². The van der Waals surface area contributed by atoms with E-state index in [4.69, 9.17) is 0 Å². The standard InChI is InChI=1S/C23H25F3N6/c1-13(15-5-4-6-16(20(15)24)21(25)26)28-22-17-9-19(27-10-18(17)14(2)29-30-22)32-8-7-23(32)11-31(3)12-23/h4-6,9-10,13,21H,7-8,11-12H2,1-3H3,(H,28,30)/t13-/m1/s1. The second-order valence-electron chi connectivity index (χ2n) is 8.94. The molecule has 2 aliphatic heterocycles. The van der Waals surface area contributed by atoms with Crippen molar-refractivity contribution in [2.24, 2.45) is 0 Å². The lowest BCUT2D eigenvalue weighted by molar-refractivity contribution is 0.0462. The lowest BCUT2D eigenvalue weighted by Gasteiger charge is -2.62. The van der Waals surface area contributed by atoms with Crippen LogP contribution in [0, 0.1) is 12.7 Å². The number of halogens is 3. The fourth-order valence-electron chi connectivity index (χ4n) is 4.95. The van der Waals surface area contributed by atoms with Crippen molar-refractivity contribution in [1.29, 1.82) is 0 Å². The first kappa shape index (κ1) is 20.9. The van der Waals surface area contributed by atoms with Crippen LogP contribution in [0.4, 0.5) is 24.8 Å². The van der Waals surface area contributed by atoms with Gasteiger partial charge in [-0.2, -0.15) is 5.10 Å². The van der Waals surface area contributed by atoms with Gasteiger partial charge in [0.05, 0.1) is 22.8 Å². The first-order chi connectivity index (χ1) is 15.3. The summed E-state index contributed by atoms with van der Waals surface area (Å²) in [5.41, 5.74) is 0.456. The van der Waals surface area contributed by atoms with Crippen molar-refractivity contribution in [1.82, 2.24) is 20.1 Å². The second kappa shape index (κ2) is 7.58. The summed E-state index contributed by atoms with van der Waals surface area (Å²) in [7, 11) is 2.11. The Morgan fingerprint density at radius 1 is 1.12 bits per heavy atom. The third-order valence-electron chi connectivity index (χ3n) is 6.73. The number of rotatable bonds is 5. The lowest BCUT2D eigenvalue weighted by Crippen LogP contribution is -2.76. The Bertz CT molecular complexity index is 1180. The summed E-state index contributed by atoms with van der Waals surface area (Å²) in [6, 6.07) is 5.47. The van der Waals surface area contributed by atoms with E-state index < -0.39 is 23.8 Å². The van der Waals surface area contributed by atoms with Crippen molar-refractivity contribution in [3.63, 3.8) is 0 Å². The van der Waals surface area contributed by atoms with E-state index in [1.54, 1.807) is 13.1 Å². The summed E-state index contributed by atoms with van der Waals surface area (Å²) in [4.78, 5) is 9.31. The predicted octanol–water partition coefficient (Wildman–Crippen LogP) is 4.48. The lowest BCUT2D eigenvalue weighted by atomic mass is 9.78. The van der Waals surface area contributed by atoms with Gasteiger partial charge in [0.15, 0.2) is 5.82 Å². The third-order valence-corrected chi connectivity index (χ3v) is 6.73. The molecule has 0 unspecified atom stereocenters. The van der Waals surface area contributed by atoms with Crippen molar-refractivity contribution in [3.8, 4) is 0 Å². The van der Waals surface area contributed by atoms with Crippen LogP contribution in [0.25, 0.3) is 10.8 Å². The van der Waals surface area contributed by atoms with Crippen molar-refractivity contribution < 1.29 is 13.2 Å². The highest BCUT2D eigenvalue weighted by molar-refractivity contribution is 5.94. The van der Waals surface area contributed by atoms with Crippen LogP contribution < -0.4 is 10.2 Å². The summed E-state index contributed by atoms with van der Waals surface area (Å²) in [5.74, 6) is 0.459. The zero-order valence-corrected chi connectivity index (χ0v) is 18.2. The van der Waals surface area contributed by atoms with Gasteiger partial charge >= 0.3 is 0 Å². The van der Waals surface area contributed by atoms with Gasteiger partial charge in [0.2, 0.25) is 0 Å². The van der Waals surface area contributed by atoms with E-state index >= 15 is 0 Å². The normalized spacial score (nSPS) is 18.7. The van der Waals surface area contributed by atoms with Crippen molar-refractivity contribution in [2.45, 2.75) is 38.3 Å². The van der Waals surface area contributed by atoms with Gasteiger partial charge in [-0.05, 0) is 33.4 Å². The molecule has 2 fully saturated rings. The molecule has 5 rings (SSSR count). The Hall–Kier alpha value is -2.94.